The van der Waals surface area contributed by atoms with Crippen LogP contribution in [-0.2, 0) is 0 Å². The van der Waals surface area contributed by atoms with Crippen molar-refractivity contribution in [3.8, 4) is 0 Å². The van der Waals surface area contributed by atoms with Crippen LogP contribution in [-0.4, -0.2) is 29.7 Å². The summed E-state index contributed by atoms with van der Waals surface area (Å²) in [6.07, 6.45) is 2.74. The van der Waals surface area contributed by atoms with Crippen molar-refractivity contribution in [3.63, 3.8) is 0 Å². The molecule has 0 atom stereocenters. The largest absolute Gasteiger partial charge is 0.187 e. The molecule has 0 aliphatic heterocycles. The van der Waals surface area contributed by atoms with E-state index in [1.807, 2.05) is 0 Å². The Kier molecular flexibility index (Phi) is 15.7. The molecule has 0 aromatic rings. The van der Waals surface area contributed by atoms with Gasteiger partial charge in [0.1, 0.15) is 0 Å². The monoisotopic (exact) mass is 120 g/mol. The molecule has 0 aromatic heterocycles. The quantitative estimate of drug-likeness (QED) is 0.368. The van der Waals surface area contributed by atoms with Crippen LogP contribution < -0.4 is 0 Å². The Morgan fingerprint density at radius 2 is 1.50 bits per heavy atom. The Bertz CT molecular complexity index is 15.0. The van der Waals surface area contributed by atoms with E-state index in [0.717, 1.165) is 0 Å². The summed E-state index contributed by atoms with van der Waals surface area (Å²) in [7, 11) is 1.20. The molecule has 0 N–H and O–H groups in total. The fourth-order valence-corrected chi connectivity index (χ4v) is 0.750. The maximum absolute atomic E-state index is 2.22. The summed E-state index contributed by atoms with van der Waals surface area (Å²) in [6.45, 7) is 4.45. The first kappa shape index (κ1) is 10.1. The molecule has 0 aromatic carbocycles. The van der Waals surface area contributed by atoms with E-state index >= 15 is 0 Å². The van der Waals surface area contributed by atoms with Gasteiger partial charge in [0, 0.05) is 0 Å². The summed E-state index contributed by atoms with van der Waals surface area (Å²) in [5, 5.41) is 0. The molecule has 0 bridgehead atoms. The minimum absolute atomic E-state index is 0. The topological polar surface area (TPSA) is 0 Å². The molecule has 0 unspecified atom stereocenters. The lowest BCUT2D eigenvalue weighted by Crippen LogP contribution is -1.59. The molecule has 6 heavy (non-hydrogen) atoms. The summed E-state index contributed by atoms with van der Waals surface area (Å²) in [5.41, 5.74) is 0. The van der Waals surface area contributed by atoms with E-state index in [-0.39, 0.29) is 17.4 Å². The van der Waals surface area contributed by atoms with E-state index in [0.29, 0.717) is 0 Å². The predicted octanol–water partition coefficient (Wildman–Crippen LogP) is 0.521. The van der Waals surface area contributed by atoms with Crippen molar-refractivity contribution in [2.75, 3.05) is 12.3 Å². The summed E-state index contributed by atoms with van der Waals surface area (Å²) in [4.78, 5) is 0. The number of hydrogen-bond donors (Lipinski definition) is 0. The van der Waals surface area contributed by atoms with E-state index in [2.05, 4.69) is 13.8 Å². The molecule has 0 aliphatic rings. The Hall–Kier alpha value is 0.962. The van der Waals surface area contributed by atoms with Crippen LogP contribution in [0.2, 0.25) is 0 Å². The van der Waals surface area contributed by atoms with Crippen LogP contribution >= 0.6 is 8.58 Å². The van der Waals surface area contributed by atoms with Gasteiger partial charge in [-0.2, -0.15) is 0 Å². The second-order valence-electron chi connectivity index (χ2n) is 0.957. The zero-order valence-electron chi connectivity index (χ0n) is 3.91. The second kappa shape index (κ2) is 9.35. The second-order valence-corrected chi connectivity index (χ2v) is 2.87. The zero-order chi connectivity index (χ0) is 4.12. The highest BCUT2D eigenvalue weighted by Gasteiger charge is 1.66. The maximum Gasteiger partial charge on any atom is 0.187 e. The molecule has 38 valence electrons. The first-order valence-electron chi connectivity index (χ1n) is 2.12. The van der Waals surface area contributed by atoms with Crippen molar-refractivity contribution >= 4 is 25.9 Å². The fraction of sp³-hybridized carbons (Fsp3) is 1.00. The summed E-state index contributed by atoms with van der Waals surface area (Å²) in [5.74, 6) is 0. The average Bonchev–Trinajstić information content (AvgIpc) is 1.41. The molecule has 0 heterocycles. The molecule has 0 amide bonds. The third-order valence-electron chi connectivity index (χ3n) is 0.500. The first-order valence-corrected chi connectivity index (χ1v) is 3.54. The molecule has 0 saturated carbocycles. The Labute approximate surface area is 52.6 Å². The lowest BCUT2D eigenvalue weighted by Gasteiger charge is -1.80. The van der Waals surface area contributed by atoms with Crippen molar-refractivity contribution < 1.29 is 0 Å². The van der Waals surface area contributed by atoms with Crippen molar-refractivity contribution in [1.29, 1.82) is 0 Å². The van der Waals surface area contributed by atoms with Crippen LogP contribution in [0.4, 0.5) is 0 Å². The summed E-state index contributed by atoms with van der Waals surface area (Å²) < 4.78 is 0. The highest BCUT2D eigenvalue weighted by molar-refractivity contribution is 7.37. The Morgan fingerprint density at radius 3 is 1.50 bits per heavy atom. The lowest BCUT2D eigenvalue weighted by atomic mass is 11.0. The van der Waals surface area contributed by atoms with Crippen molar-refractivity contribution in [3.05, 3.63) is 0 Å². The first-order chi connectivity index (χ1) is 2.41. The third-order valence-corrected chi connectivity index (χ3v) is 1.50. The van der Waals surface area contributed by atoms with Crippen LogP contribution in [0.5, 0.6) is 0 Å². The average molecular weight is 120 g/mol. The third kappa shape index (κ3) is 8.88. The summed E-state index contributed by atoms with van der Waals surface area (Å²) in [6, 6.07) is 0. The van der Waals surface area contributed by atoms with E-state index in [1.54, 1.807) is 0 Å². The van der Waals surface area contributed by atoms with Gasteiger partial charge in [-0.25, -0.2) is 0 Å². The Morgan fingerprint density at radius 1 is 1.17 bits per heavy atom. The Balaban J connectivity index is 0. The van der Waals surface area contributed by atoms with Crippen LogP contribution in [0.15, 0.2) is 0 Å². The molecular weight excluding hydrogens is 106 g/mol. The van der Waals surface area contributed by atoms with Crippen molar-refractivity contribution in [1.82, 2.24) is 0 Å². The van der Waals surface area contributed by atoms with E-state index in [9.17, 15) is 0 Å². The van der Waals surface area contributed by atoms with Crippen LogP contribution in [0.3, 0.4) is 0 Å². The van der Waals surface area contributed by atoms with Gasteiger partial charge in [-0.3, -0.25) is 0 Å². The van der Waals surface area contributed by atoms with E-state index in [1.165, 1.54) is 20.9 Å². The molecule has 0 nitrogen and oxygen atoms in total. The SMILES string of the molecule is CCPCC.[AlH3]. The van der Waals surface area contributed by atoms with Gasteiger partial charge in [0.2, 0.25) is 0 Å². The molecule has 2 heteroatoms. The standard InChI is InChI=1S/C4H11P.Al.3H/c1-3-5-4-2;;;;/h5H,3-4H2,1-2H3;;;;. The van der Waals surface area contributed by atoms with Gasteiger partial charge in [0.25, 0.3) is 0 Å². The normalized spacial score (nSPS) is 7.00. The molecular formula is C4H14AlP. The van der Waals surface area contributed by atoms with Crippen LogP contribution in [0, 0.1) is 0 Å². The minimum Gasteiger partial charge on any atom is -0.123 e. The number of rotatable bonds is 2. The van der Waals surface area contributed by atoms with Crippen LogP contribution in [0.1, 0.15) is 13.8 Å². The highest BCUT2D eigenvalue weighted by atomic mass is 31.1. The van der Waals surface area contributed by atoms with E-state index < -0.39 is 0 Å². The lowest BCUT2D eigenvalue weighted by molar-refractivity contribution is 1.44. The van der Waals surface area contributed by atoms with Gasteiger partial charge in [0.15, 0.2) is 17.4 Å². The molecule has 0 fully saturated rings. The molecule has 0 spiro atoms. The fourth-order valence-electron chi connectivity index (χ4n) is 0.250. The smallest absolute Gasteiger partial charge is 0.123 e. The van der Waals surface area contributed by atoms with Crippen LogP contribution in [0.25, 0.3) is 0 Å². The zero-order valence-corrected chi connectivity index (χ0v) is 4.91. The summed E-state index contributed by atoms with van der Waals surface area (Å²) >= 11 is 0. The predicted molar refractivity (Wildman–Crippen MR) is 39.3 cm³/mol. The van der Waals surface area contributed by atoms with Gasteiger partial charge in [0.05, 0.1) is 0 Å². The van der Waals surface area contributed by atoms with Gasteiger partial charge in [-0.05, 0) is 12.3 Å². The molecule has 0 saturated heterocycles. The van der Waals surface area contributed by atoms with Crippen molar-refractivity contribution in [2.45, 2.75) is 13.8 Å². The van der Waals surface area contributed by atoms with Gasteiger partial charge in [-0.1, -0.05) is 13.8 Å². The van der Waals surface area contributed by atoms with Gasteiger partial charge >= 0.3 is 0 Å². The van der Waals surface area contributed by atoms with Gasteiger partial charge in [-0.15, -0.1) is 8.58 Å². The molecule has 0 radical (unpaired) electrons. The number of hydrogen-bond acceptors (Lipinski definition) is 0. The highest BCUT2D eigenvalue weighted by Crippen LogP contribution is 2.03. The van der Waals surface area contributed by atoms with Gasteiger partial charge < -0.3 is 0 Å². The van der Waals surface area contributed by atoms with Crippen molar-refractivity contribution in [2.24, 2.45) is 0 Å². The molecule has 0 aliphatic carbocycles. The maximum atomic E-state index is 2.22. The molecule has 0 rings (SSSR count). The minimum atomic E-state index is 0. The van der Waals surface area contributed by atoms with E-state index in [4.69, 9.17) is 0 Å².